The van der Waals surface area contributed by atoms with Crippen LogP contribution in [0.15, 0.2) is 54.6 Å². The average Bonchev–Trinajstić information content (AvgIpc) is 3.14. The average molecular weight is 390 g/mol. The number of hydrogen-bond donors (Lipinski definition) is 1. The van der Waals surface area contributed by atoms with Gasteiger partial charge in [-0.15, -0.1) is 0 Å². The standard InChI is InChI=1S/C24H26N2O3/c1-16(27)18-11-7-12-20(14-18)25-23(28)22-15-19-10-5-6-13-21(19)26(22)24(29)17-8-3-2-4-9-17/h2-4,7-9,11-12,14,19,21-22H,5-6,10,13,15H2,1H3,(H,25,28). The van der Waals surface area contributed by atoms with Crippen molar-refractivity contribution in [3.05, 3.63) is 65.7 Å². The molecule has 3 atom stereocenters. The van der Waals surface area contributed by atoms with E-state index in [-0.39, 0.29) is 23.6 Å². The van der Waals surface area contributed by atoms with Gasteiger partial charge in [-0.1, -0.05) is 43.2 Å². The third-order valence-electron chi connectivity index (χ3n) is 6.18. The number of nitrogens with zero attached hydrogens (tertiary/aromatic N) is 1. The van der Waals surface area contributed by atoms with Gasteiger partial charge < -0.3 is 10.2 Å². The largest absolute Gasteiger partial charge is 0.324 e. The zero-order valence-electron chi connectivity index (χ0n) is 16.6. The van der Waals surface area contributed by atoms with Gasteiger partial charge in [-0.2, -0.15) is 0 Å². The van der Waals surface area contributed by atoms with Gasteiger partial charge >= 0.3 is 0 Å². The van der Waals surface area contributed by atoms with Gasteiger partial charge in [0.25, 0.3) is 5.91 Å². The van der Waals surface area contributed by atoms with E-state index in [9.17, 15) is 14.4 Å². The number of ketones is 1. The van der Waals surface area contributed by atoms with Crippen LogP contribution in [0.3, 0.4) is 0 Å². The summed E-state index contributed by atoms with van der Waals surface area (Å²) in [5, 5.41) is 2.94. The number of likely N-dealkylation sites (tertiary alicyclic amines) is 1. The van der Waals surface area contributed by atoms with Gasteiger partial charge in [-0.3, -0.25) is 14.4 Å². The molecule has 2 aromatic rings. The van der Waals surface area contributed by atoms with Gasteiger partial charge in [0.1, 0.15) is 6.04 Å². The maximum atomic E-state index is 13.3. The second-order valence-electron chi connectivity index (χ2n) is 8.07. The van der Waals surface area contributed by atoms with Crippen molar-refractivity contribution >= 4 is 23.3 Å². The molecule has 2 aliphatic rings. The number of anilines is 1. The second kappa shape index (κ2) is 8.19. The summed E-state index contributed by atoms with van der Waals surface area (Å²) in [6.45, 7) is 1.50. The van der Waals surface area contributed by atoms with E-state index in [1.807, 2.05) is 35.2 Å². The van der Waals surface area contributed by atoms with Crippen LogP contribution in [0.2, 0.25) is 0 Å². The summed E-state index contributed by atoms with van der Waals surface area (Å²) in [4.78, 5) is 40.0. The Labute approximate surface area is 171 Å². The predicted molar refractivity (Wildman–Crippen MR) is 112 cm³/mol. The Kier molecular flexibility index (Phi) is 5.47. The van der Waals surface area contributed by atoms with Gasteiger partial charge in [-0.05, 0) is 56.4 Å². The van der Waals surface area contributed by atoms with Crippen molar-refractivity contribution in [1.29, 1.82) is 0 Å². The fourth-order valence-corrected chi connectivity index (χ4v) is 4.76. The molecule has 150 valence electrons. The highest BCUT2D eigenvalue weighted by Gasteiger charge is 2.47. The Morgan fingerprint density at radius 1 is 0.931 bits per heavy atom. The van der Waals surface area contributed by atoms with Crippen molar-refractivity contribution in [1.82, 2.24) is 4.90 Å². The maximum Gasteiger partial charge on any atom is 0.254 e. The summed E-state index contributed by atoms with van der Waals surface area (Å²) >= 11 is 0. The van der Waals surface area contributed by atoms with E-state index in [4.69, 9.17) is 0 Å². The molecule has 1 saturated heterocycles. The Balaban J connectivity index is 1.59. The van der Waals surface area contributed by atoms with Crippen LogP contribution in [-0.4, -0.2) is 34.6 Å². The van der Waals surface area contributed by atoms with Crippen LogP contribution in [0, 0.1) is 5.92 Å². The van der Waals surface area contributed by atoms with E-state index in [0.717, 1.165) is 25.7 Å². The third kappa shape index (κ3) is 3.95. The number of amides is 2. The summed E-state index contributed by atoms with van der Waals surface area (Å²) in [7, 11) is 0. The first-order valence-corrected chi connectivity index (χ1v) is 10.3. The zero-order valence-corrected chi connectivity index (χ0v) is 16.6. The molecule has 1 saturated carbocycles. The molecule has 0 bridgehead atoms. The number of carbonyl (C=O) groups is 3. The highest BCUT2D eigenvalue weighted by molar-refractivity contribution is 6.02. The number of rotatable bonds is 4. The summed E-state index contributed by atoms with van der Waals surface area (Å²) < 4.78 is 0. The van der Waals surface area contributed by atoms with Crippen LogP contribution in [0.4, 0.5) is 5.69 Å². The third-order valence-corrected chi connectivity index (χ3v) is 6.18. The number of carbonyl (C=O) groups excluding carboxylic acids is 3. The monoisotopic (exact) mass is 390 g/mol. The smallest absolute Gasteiger partial charge is 0.254 e. The molecular weight excluding hydrogens is 364 g/mol. The fourth-order valence-electron chi connectivity index (χ4n) is 4.76. The van der Waals surface area contributed by atoms with Crippen LogP contribution < -0.4 is 5.32 Å². The van der Waals surface area contributed by atoms with Crippen LogP contribution in [0.1, 0.15) is 59.7 Å². The molecule has 1 N–H and O–H groups in total. The molecule has 3 unspecified atom stereocenters. The minimum Gasteiger partial charge on any atom is -0.324 e. The van der Waals surface area contributed by atoms with Crippen molar-refractivity contribution in [2.24, 2.45) is 5.92 Å². The predicted octanol–water partition coefficient (Wildman–Crippen LogP) is 4.30. The van der Waals surface area contributed by atoms with Crippen molar-refractivity contribution in [2.45, 2.75) is 51.1 Å². The van der Waals surface area contributed by atoms with Gasteiger partial charge in [-0.25, -0.2) is 0 Å². The normalized spacial score (nSPS) is 23.3. The summed E-state index contributed by atoms with van der Waals surface area (Å²) in [6.07, 6.45) is 4.96. The van der Waals surface area contributed by atoms with Crippen LogP contribution >= 0.6 is 0 Å². The molecule has 1 aliphatic carbocycles. The zero-order chi connectivity index (χ0) is 20.4. The minimum absolute atomic E-state index is 0.0473. The molecule has 1 aliphatic heterocycles. The number of nitrogens with one attached hydrogen (secondary N) is 1. The van der Waals surface area contributed by atoms with Crippen LogP contribution in [0.25, 0.3) is 0 Å². The summed E-state index contributed by atoms with van der Waals surface area (Å²) in [6, 6.07) is 15.8. The Morgan fingerprint density at radius 2 is 1.66 bits per heavy atom. The summed E-state index contributed by atoms with van der Waals surface area (Å²) in [5.41, 5.74) is 1.76. The molecule has 0 aromatic heterocycles. The number of fused-ring (bicyclic) bond motifs is 1. The SMILES string of the molecule is CC(=O)c1cccc(NC(=O)C2CC3CCCCC3N2C(=O)c2ccccc2)c1. The molecule has 0 radical (unpaired) electrons. The van der Waals surface area contributed by atoms with Gasteiger partial charge in [0.15, 0.2) is 5.78 Å². The Hall–Kier alpha value is -2.95. The lowest BCUT2D eigenvalue weighted by Crippen LogP contribution is -2.47. The first-order valence-electron chi connectivity index (χ1n) is 10.3. The maximum absolute atomic E-state index is 13.3. The highest BCUT2D eigenvalue weighted by Crippen LogP contribution is 2.40. The minimum atomic E-state index is -0.489. The van der Waals surface area contributed by atoms with E-state index in [2.05, 4.69) is 5.32 Å². The van der Waals surface area contributed by atoms with Gasteiger partial charge in [0, 0.05) is 22.9 Å². The quantitative estimate of drug-likeness (QED) is 0.792. The molecule has 2 amide bonds. The van der Waals surface area contributed by atoms with E-state index in [1.54, 1.807) is 24.3 Å². The Morgan fingerprint density at radius 3 is 2.41 bits per heavy atom. The molecule has 29 heavy (non-hydrogen) atoms. The number of hydrogen-bond acceptors (Lipinski definition) is 3. The Bertz CT molecular complexity index is 925. The van der Waals surface area contributed by atoms with Crippen molar-refractivity contribution in [3.63, 3.8) is 0 Å². The van der Waals surface area contributed by atoms with E-state index < -0.39 is 6.04 Å². The summed E-state index contributed by atoms with van der Waals surface area (Å²) in [5.74, 6) is 0.0756. The topological polar surface area (TPSA) is 66.5 Å². The lowest BCUT2D eigenvalue weighted by Gasteiger charge is -2.33. The van der Waals surface area contributed by atoms with E-state index >= 15 is 0 Å². The van der Waals surface area contributed by atoms with Crippen molar-refractivity contribution in [2.75, 3.05) is 5.32 Å². The number of Topliss-reactive ketones (excluding diaryl/α,β-unsaturated/α-hetero) is 1. The lowest BCUT2D eigenvalue weighted by molar-refractivity contribution is -0.120. The van der Waals surface area contributed by atoms with Crippen LogP contribution in [0.5, 0.6) is 0 Å². The van der Waals surface area contributed by atoms with Crippen LogP contribution in [-0.2, 0) is 4.79 Å². The molecule has 1 heterocycles. The first-order chi connectivity index (χ1) is 14.0. The van der Waals surface area contributed by atoms with Crippen molar-refractivity contribution < 1.29 is 14.4 Å². The molecule has 5 heteroatoms. The second-order valence-corrected chi connectivity index (χ2v) is 8.07. The van der Waals surface area contributed by atoms with Gasteiger partial charge in [0.05, 0.1) is 0 Å². The first kappa shape index (κ1) is 19.4. The molecular formula is C24H26N2O3. The molecule has 5 nitrogen and oxygen atoms in total. The number of benzene rings is 2. The van der Waals surface area contributed by atoms with E-state index in [0.29, 0.717) is 29.2 Å². The highest BCUT2D eigenvalue weighted by atomic mass is 16.2. The molecule has 2 aromatic carbocycles. The van der Waals surface area contributed by atoms with Crippen molar-refractivity contribution in [3.8, 4) is 0 Å². The fraction of sp³-hybridized carbons (Fsp3) is 0.375. The lowest BCUT2D eigenvalue weighted by atomic mass is 9.84. The van der Waals surface area contributed by atoms with E-state index in [1.165, 1.54) is 6.92 Å². The molecule has 4 rings (SSSR count). The van der Waals surface area contributed by atoms with Gasteiger partial charge in [0.2, 0.25) is 5.91 Å². The molecule has 2 fully saturated rings. The molecule has 0 spiro atoms.